The summed E-state index contributed by atoms with van der Waals surface area (Å²) in [6.07, 6.45) is 13.3. The van der Waals surface area contributed by atoms with E-state index < -0.39 is 12.0 Å². The Labute approximate surface area is 283 Å². The summed E-state index contributed by atoms with van der Waals surface area (Å²) in [5.74, 6) is 2.72. The van der Waals surface area contributed by atoms with E-state index in [9.17, 15) is 19.0 Å². The van der Waals surface area contributed by atoms with Gasteiger partial charge in [0.05, 0.1) is 17.2 Å². The van der Waals surface area contributed by atoms with Gasteiger partial charge in [-0.05, 0) is 87.3 Å². The zero-order valence-electron chi connectivity index (χ0n) is 27.4. The number of piperidine rings is 1. The number of phenols is 1. The third kappa shape index (κ3) is 5.07. The lowest BCUT2D eigenvalue weighted by atomic mass is 9.62. The minimum absolute atomic E-state index is 0.0239. The number of aliphatic hydroxyl groups excluding tert-OH is 1. The zero-order valence-corrected chi connectivity index (χ0v) is 27.4. The molecule has 2 saturated carbocycles. The molecule has 5 aliphatic rings. The predicted octanol–water partition coefficient (Wildman–Crippen LogP) is 6.02. The van der Waals surface area contributed by atoms with Gasteiger partial charge >= 0.3 is 12.0 Å². The molecular formula is C37H40F2N6O4. The van der Waals surface area contributed by atoms with Crippen LogP contribution in [0.5, 0.6) is 23.5 Å². The fourth-order valence-electron chi connectivity index (χ4n) is 9.30. The summed E-state index contributed by atoms with van der Waals surface area (Å²) in [4.78, 5) is 19.3. The summed E-state index contributed by atoms with van der Waals surface area (Å²) in [7, 11) is 0. The van der Waals surface area contributed by atoms with Crippen molar-refractivity contribution in [2.75, 3.05) is 37.7 Å². The first-order valence-corrected chi connectivity index (χ1v) is 17.6. The molecule has 4 aromatic rings. The van der Waals surface area contributed by atoms with Crippen LogP contribution < -0.4 is 14.4 Å². The van der Waals surface area contributed by atoms with Crippen LogP contribution in [0.1, 0.15) is 75.8 Å². The molecule has 2 aliphatic carbocycles. The molecule has 1 spiro atoms. The first-order chi connectivity index (χ1) is 23.7. The SMILES string of the molecule is C#Cc1c(F)ccc2cc(O)cc(Oc3nc4nc(OC[C@@]56CCCN5C[C@H](F)C6)nc(N5CCCC6(CC(O)C6)C5)c4n3C3CCC3)c12. The van der Waals surface area contributed by atoms with Gasteiger partial charge in [-0.1, -0.05) is 12.0 Å². The van der Waals surface area contributed by atoms with Crippen molar-refractivity contribution in [3.63, 3.8) is 0 Å². The molecule has 256 valence electrons. The van der Waals surface area contributed by atoms with E-state index in [0.717, 1.165) is 82.9 Å². The number of anilines is 1. The molecule has 3 saturated heterocycles. The second-order valence-corrected chi connectivity index (χ2v) is 15.0. The number of hydrogen-bond donors (Lipinski definition) is 2. The highest BCUT2D eigenvalue weighted by Gasteiger charge is 2.50. The van der Waals surface area contributed by atoms with Gasteiger partial charge in [0.1, 0.15) is 35.6 Å². The predicted molar refractivity (Wildman–Crippen MR) is 179 cm³/mol. The summed E-state index contributed by atoms with van der Waals surface area (Å²) in [6.45, 7) is 3.09. The van der Waals surface area contributed by atoms with E-state index in [-0.39, 0.29) is 58.8 Å². The number of imidazole rings is 1. The van der Waals surface area contributed by atoms with Gasteiger partial charge in [0, 0.05) is 43.5 Å². The van der Waals surface area contributed by atoms with Crippen LogP contribution in [0, 0.1) is 23.6 Å². The lowest BCUT2D eigenvalue weighted by Gasteiger charge is -2.51. The van der Waals surface area contributed by atoms with Crippen molar-refractivity contribution in [3.8, 4) is 35.9 Å². The molecular weight excluding hydrogens is 630 g/mol. The highest BCUT2D eigenvalue weighted by atomic mass is 19.1. The summed E-state index contributed by atoms with van der Waals surface area (Å²) in [6, 6.07) is 6.29. The third-order valence-electron chi connectivity index (χ3n) is 11.8. The smallest absolute Gasteiger partial charge is 0.320 e. The van der Waals surface area contributed by atoms with E-state index in [1.54, 1.807) is 6.07 Å². The Kier molecular flexibility index (Phi) is 7.18. The summed E-state index contributed by atoms with van der Waals surface area (Å²) < 4.78 is 44.5. The molecule has 3 aliphatic heterocycles. The van der Waals surface area contributed by atoms with E-state index in [1.807, 2.05) is 4.57 Å². The second kappa shape index (κ2) is 11.4. The number of ether oxygens (including phenoxy) is 2. The molecule has 0 unspecified atom stereocenters. The number of hydrogen-bond acceptors (Lipinski definition) is 9. The molecule has 5 heterocycles. The average molecular weight is 671 g/mol. The van der Waals surface area contributed by atoms with Gasteiger partial charge in [-0.3, -0.25) is 9.47 Å². The summed E-state index contributed by atoms with van der Waals surface area (Å²) in [5.41, 5.74) is 0.824. The molecule has 10 nitrogen and oxygen atoms in total. The first kappa shape index (κ1) is 30.8. The average Bonchev–Trinajstić information content (AvgIpc) is 3.68. The molecule has 0 amide bonds. The fraction of sp³-hybridized carbons (Fsp3) is 0.541. The number of aromatic nitrogens is 4. The minimum atomic E-state index is -0.875. The van der Waals surface area contributed by atoms with E-state index in [2.05, 4.69) is 15.7 Å². The van der Waals surface area contributed by atoms with Crippen LogP contribution in [0.4, 0.5) is 14.6 Å². The van der Waals surface area contributed by atoms with Crippen LogP contribution >= 0.6 is 0 Å². The Hall–Kier alpha value is -4.21. The lowest BCUT2D eigenvalue weighted by molar-refractivity contribution is -0.0396. The van der Waals surface area contributed by atoms with Gasteiger partial charge in [-0.15, -0.1) is 6.42 Å². The summed E-state index contributed by atoms with van der Waals surface area (Å²) in [5, 5.41) is 21.8. The van der Waals surface area contributed by atoms with Gasteiger partial charge in [0.15, 0.2) is 11.5 Å². The quantitative estimate of drug-likeness (QED) is 0.228. The van der Waals surface area contributed by atoms with Crippen molar-refractivity contribution in [2.24, 2.45) is 5.41 Å². The van der Waals surface area contributed by atoms with Crippen molar-refractivity contribution in [1.82, 2.24) is 24.4 Å². The van der Waals surface area contributed by atoms with E-state index in [4.69, 9.17) is 30.8 Å². The standard InChI is InChI=1S/C37H40F2N6O4/c1-2-27-28(39)9-8-22-14-25(46)15-29(30(22)27)49-35-41-32-31(45(35)24-6-3-7-24)33(43-12-4-10-36(20-43)17-26(47)18-36)42-34(40-32)48-21-37-11-5-13-44(37)19-23(38)16-37/h1,8-9,14-15,23-24,26,46-47H,3-7,10-13,16-21H2/t23-,26?,36?,37+/m1/s1. The number of halogens is 2. The number of nitrogens with zero attached hydrogens (tertiary/aromatic N) is 6. The lowest BCUT2D eigenvalue weighted by Crippen LogP contribution is -2.52. The number of alkyl halides is 1. The van der Waals surface area contributed by atoms with Crippen molar-refractivity contribution >= 4 is 27.8 Å². The van der Waals surface area contributed by atoms with Crippen molar-refractivity contribution in [3.05, 3.63) is 35.6 Å². The fourth-order valence-corrected chi connectivity index (χ4v) is 9.30. The number of aromatic hydroxyl groups is 1. The van der Waals surface area contributed by atoms with Gasteiger partial charge in [0.2, 0.25) is 0 Å². The van der Waals surface area contributed by atoms with Crippen molar-refractivity contribution < 1.29 is 28.5 Å². The molecule has 49 heavy (non-hydrogen) atoms. The second-order valence-electron chi connectivity index (χ2n) is 15.0. The van der Waals surface area contributed by atoms with Crippen LogP contribution in [-0.4, -0.2) is 85.2 Å². The number of aliphatic hydroxyl groups is 1. The maximum Gasteiger partial charge on any atom is 0.320 e. The number of rotatable bonds is 7. The van der Waals surface area contributed by atoms with Gasteiger partial charge in [0.25, 0.3) is 0 Å². The van der Waals surface area contributed by atoms with Crippen LogP contribution in [-0.2, 0) is 0 Å². The number of phenolic OH excluding ortho intramolecular Hbond substituents is 1. The van der Waals surface area contributed by atoms with Crippen molar-refractivity contribution in [2.45, 2.75) is 88.1 Å². The van der Waals surface area contributed by atoms with Gasteiger partial charge in [-0.25, -0.2) is 8.78 Å². The molecule has 12 heteroatoms. The molecule has 2 N–H and O–H groups in total. The Morgan fingerprint density at radius 2 is 1.88 bits per heavy atom. The minimum Gasteiger partial charge on any atom is -0.508 e. The van der Waals surface area contributed by atoms with E-state index in [0.29, 0.717) is 35.2 Å². The highest BCUT2D eigenvalue weighted by molar-refractivity contribution is 5.95. The maximum atomic E-state index is 14.9. The Bertz CT molecular complexity index is 2000. The van der Waals surface area contributed by atoms with Crippen LogP contribution in [0.15, 0.2) is 24.3 Å². The van der Waals surface area contributed by atoms with Crippen LogP contribution in [0.3, 0.4) is 0 Å². The molecule has 2 aromatic heterocycles. The number of fused-ring (bicyclic) bond motifs is 3. The highest BCUT2D eigenvalue weighted by Crippen LogP contribution is 2.50. The van der Waals surface area contributed by atoms with E-state index in [1.165, 1.54) is 18.2 Å². The molecule has 0 radical (unpaired) electrons. The van der Waals surface area contributed by atoms with Crippen LogP contribution in [0.25, 0.3) is 21.9 Å². The molecule has 2 aromatic carbocycles. The normalized spacial score (nSPS) is 28.5. The molecule has 0 bridgehead atoms. The van der Waals surface area contributed by atoms with Crippen LogP contribution in [0.2, 0.25) is 0 Å². The van der Waals surface area contributed by atoms with Crippen molar-refractivity contribution in [1.29, 1.82) is 0 Å². The zero-order chi connectivity index (χ0) is 33.5. The number of benzene rings is 2. The Morgan fingerprint density at radius 1 is 1.04 bits per heavy atom. The molecule has 2 atom stereocenters. The largest absolute Gasteiger partial charge is 0.508 e. The maximum absolute atomic E-state index is 14.9. The monoisotopic (exact) mass is 670 g/mol. The third-order valence-corrected chi connectivity index (χ3v) is 11.8. The molecule has 9 rings (SSSR count). The Balaban J connectivity index is 1.17. The van der Waals surface area contributed by atoms with Gasteiger partial charge < -0.3 is 24.6 Å². The first-order valence-electron chi connectivity index (χ1n) is 17.6. The topological polar surface area (TPSA) is 109 Å². The Morgan fingerprint density at radius 3 is 2.65 bits per heavy atom. The summed E-state index contributed by atoms with van der Waals surface area (Å²) >= 11 is 0. The number of terminal acetylenes is 1. The molecule has 5 fully saturated rings. The van der Waals surface area contributed by atoms with Gasteiger partial charge in [-0.2, -0.15) is 15.0 Å². The van der Waals surface area contributed by atoms with E-state index >= 15 is 0 Å².